The van der Waals surface area contributed by atoms with Gasteiger partial charge in [0.2, 0.25) is 9.70 Å². The summed E-state index contributed by atoms with van der Waals surface area (Å²) in [6.07, 6.45) is 0. The van der Waals surface area contributed by atoms with E-state index in [2.05, 4.69) is 5.32 Å². The molecule has 1 aromatic rings. The lowest BCUT2D eigenvalue weighted by molar-refractivity contribution is -0.132. The van der Waals surface area contributed by atoms with Crippen LogP contribution in [0.4, 0.5) is 5.69 Å². The summed E-state index contributed by atoms with van der Waals surface area (Å²) in [5.74, 6) is -1.96. The summed E-state index contributed by atoms with van der Waals surface area (Å²) in [5.41, 5.74) is 0.579. The minimum atomic E-state index is -1.77. The molecule has 2 atom stereocenters. The second-order valence-corrected chi connectivity index (χ2v) is 7.26. The number of carbonyl (C=O) groups is 2. The lowest BCUT2D eigenvalue weighted by Crippen LogP contribution is -2.52. The first-order chi connectivity index (χ1) is 9.64. The number of alkyl halides is 3. The maximum absolute atomic E-state index is 12.4. The van der Waals surface area contributed by atoms with Gasteiger partial charge in [0.1, 0.15) is 11.7 Å². The van der Waals surface area contributed by atoms with Crippen molar-refractivity contribution in [1.82, 2.24) is 4.90 Å². The Morgan fingerprint density at radius 3 is 2.05 bits per heavy atom. The first kappa shape index (κ1) is 18.2. The molecule has 0 aliphatic rings. The molecule has 0 radical (unpaired) electrons. The van der Waals surface area contributed by atoms with Gasteiger partial charge in [-0.1, -0.05) is 53.0 Å². The maximum Gasteiger partial charge on any atom is 0.236 e. The molecule has 0 spiro atoms. The molecule has 0 aromatic heterocycles. The lowest BCUT2D eigenvalue weighted by atomic mass is 9.94. The number of nitrogens with zero attached hydrogens (tertiary/aromatic N) is 1. The molecule has 0 fully saturated rings. The third kappa shape index (κ3) is 5.15. The predicted molar refractivity (Wildman–Crippen MR) is 87.0 cm³/mol. The molecular formula is C14H17Cl3N2O2. The highest BCUT2D eigenvalue weighted by atomic mass is 35.6. The van der Waals surface area contributed by atoms with Crippen LogP contribution in [-0.4, -0.2) is 40.5 Å². The Morgan fingerprint density at radius 2 is 1.67 bits per heavy atom. The minimum absolute atomic E-state index is 0.367. The SMILES string of the molecule is CC(=O)C(C(=O)Nc1ccccc1)C(N(C)C)C(Cl)(Cl)Cl. The molecule has 1 amide bonds. The number of halogens is 3. The van der Waals surface area contributed by atoms with E-state index in [0.717, 1.165) is 0 Å². The molecule has 1 aromatic carbocycles. The van der Waals surface area contributed by atoms with Gasteiger partial charge in [-0.3, -0.25) is 9.59 Å². The van der Waals surface area contributed by atoms with Gasteiger partial charge in [-0.2, -0.15) is 0 Å². The van der Waals surface area contributed by atoms with Crippen molar-refractivity contribution in [3.8, 4) is 0 Å². The topological polar surface area (TPSA) is 49.4 Å². The smallest absolute Gasteiger partial charge is 0.236 e. The Balaban J connectivity index is 3.05. The second-order valence-electron chi connectivity index (χ2n) is 4.89. The van der Waals surface area contributed by atoms with Gasteiger partial charge in [0.15, 0.2) is 0 Å². The van der Waals surface area contributed by atoms with Gasteiger partial charge in [-0.15, -0.1) is 0 Å². The fraction of sp³-hybridized carbons (Fsp3) is 0.429. The standard InChI is InChI=1S/C14H17Cl3N2O2/c1-9(20)11(12(19(2)3)14(15,16)17)13(21)18-10-7-5-4-6-8-10/h4-8,11-12H,1-3H3,(H,18,21). The number of ketones is 1. The number of anilines is 1. The molecule has 21 heavy (non-hydrogen) atoms. The Hall–Kier alpha value is -0.810. The van der Waals surface area contributed by atoms with Crippen LogP contribution in [0.3, 0.4) is 0 Å². The zero-order valence-corrected chi connectivity index (χ0v) is 14.2. The third-order valence-corrected chi connectivity index (χ3v) is 3.64. The van der Waals surface area contributed by atoms with Gasteiger partial charge in [0.05, 0.1) is 6.04 Å². The Kier molecular flexibility index (Phi) is 6.47. The van der Waals surface area contributed by atoms with Gasteiger partial charge in [0.25, 0.3) is 0 Å². The van der Waals surface area contributed by atoms with Crippen molar-refractivity contribution in [2.75, 3.05) is 19.4 Å². The quantitative estimate of drug-likeness (QED) is 0.655. The van der Waals surface area contributed by atoms with E-state index in [-0.39, 0.29) is 5.78 Å². The largest absolute Gasteiger partial charge is 0.325 e. The van der Waals surface area contributed by atoms with Gasteiger partial charge in [-0.25, -0.2) is 0 Å². The van der Waals surface area contributed by atoms with E-state index in [0.29, 0.717) is 5.69 Å². The molecule has 0 aliphatic heterocycles. The highest BCUT2D eigenvalue weighted by Gasteiger charge is 2.45. The van der Waals surface area contributed by atoms with Gasteiger partial charge < -0.3 is 10.2 Å². The van der Waals surface area contributed by atoms with Crippen molar-refractivity contribution in [2.24, 2.45) is 5.92 Å². The van der Waals surface area contributed by atoms with Crippen LogP contribution in [-0.2, 0) is 9.59 Å². The molecule has 1 rings (SSSR count). The highest BCUT2D eigenvalue weighted by molar-refractivity contribution is 6.68. The summed E-state index contributed by atoms with van der Waals surface area (Å²) >= 11 is 17.8. The van der Waals surface area contributed by atoms with Gasteiger partial charge >= 0.3 is 0 Å². The number of carbonyl (C=O) groups excluding carboxylic acids is 2. The second kappa shape index (κ2) is 7.45. The molecule has 0 saturated carbocycles. The van der Waals surface area contributed by atoms with E-state index < -0.39 is 21.7 Å². The van der Waals surface area contributed by atoms with Crippen LogP contribution in [0.5, 0.6) is 0 Å². The van der Waals surface area contributed by atoms with E-state index in [1.807, 2.05) is 6.07 Å². The number of rotatable bonds is 5. The van der Waals surface area contributed by atoms with E-state index in [1.165, 1.54) is 6.92 Å². The van der Waals surface area contributed by atoms with Crippen LogP contribution in [0.15, 0.2) is 30.3 Å². The number of benzene rings is 1. The number of Topliss-reactive ketones (excluding diaryl/α,β-unsaturated/α-hetero) is 1. The van der Waals surface area contributed by atoms with Crippen molar-refractivity contribution >= 4 is 52.2 Å². The van der Waals surface area contributed by atoms with Crippen LogP contribution in [0, 0.1) is 5.92 Å². The van der Waals surface area contributed by atoms with Crippen molar-refractivity contribution < 1.29 is 9.59 Å². The monoisotopic (exact) mass is 350 g/mol. The average Bonchev–Trinajstić information content (AvgIpc) is 2.34. The summed E-state index contributed by atoms with van der Waals surface area (Å²) in [4.78, 5) is 25.9. The summed E-state index contributed by atoms with van der Waals surface area (Å²) < 4.78 is -1.77. The fourth-order valence-electron chi connectivity index (χ4n) is 2.07. The van der Waals surface area contributed by atoms with Gasteiger partial charge in [0, 0.05) is 5.69 Å². The molecule has 0 heterocycles. The van der Waals surface area contributed by atoms with Crippen molar-refractivity contribution in [1.29, 1.82) is 0 Å². The number of nitrogens with one attached hydrogen (secondary N) is 1. The van der Waals surface area contributed by atoms with Crippen LogP contribution >= 0.6 is 34.8 Å². The summed E-state index contributed by atoms with van der Waals surface area (Å²) in [6, 6.07) is 7.93. The average molecular weight is 352 g/mol. The summed E-state index contributed by atoms with van der Waals surface area (Å²) in [7, 11) is 3.30. The van der Waals surface area contributed by atoms with Crippen molar-refractivity contribution in [3.05, 3.63) is 30.3 Å². The molecule has 1 N–H and O–H groups in total. The van der Waals surface area contributed by atoms with Crippen LogP contribution in [0.2, 0.25) is 0 Å². The highest BCUT2D eigenvalue weighted by Crippen LogP contribution is 2.37. The number of para-hydroxylation sites is 1. The Morgan fingerprint density at radius 1 is 1.14 bits per heavy atom. The molecule has 2 unspecified atom stereocenters. The van der Waals surface area contributed by atoms with Crippen LogP contribution in [0.1, 0.15) is 6.92 Å². The number of amides is 1. The Labute approximate surface area is 139 Å². The first-order valence-corrected chi connectivity index (χ1v) is 7.37. The number of hydrogen-bond donors (Lipinski definition) is 1. The van der Waals surface area contributed by atoms with E-state index in [9.17, 15) is 9.59 Å². The van der Waals surface area contributed by atoms with E-state index in [1.54, 1.807) is 43.3 Å². The predicted octanol–water partition coefficient (Wildman–Crippen LogP) is 3.13. The molecule has 4 nitrogen and oxygen atoms in total. The van der Waals surface area contributed by atoms with Crippen LogP contribution in [0.25, 0.3) is 0 Å². The Bertz CT molecular complexity index is 501. The molecule has 0 bridgehead atoms. The molecule has 116 valence electrons. The van der Waals surface area contributed by atoms with Crippen molar-refractivity contribution in [2.45, 2.75) is 16.8 Å². The molecular weight excluding hydrogens is 335 g/mol. The summed E-state index contributed by atoms with van der Waals surface area (Å²) in [6.45, 7) is 1.31. The maximum atomic E-state index is 12.4. The summed E-state index contributed by atoms with van der Waals surface area (Å²) in [5, 5.41) is 2.67. The van der Waals surface area contributed by atoms with E-state index >= 15 is 0 Å². The fourth-order valence-corrected chi connectivity index (χ4v) is 3.04. The third-order valence-electron chi connectivity index (χ3n) is 2.97. The number of hydrogen-bond acceptors (Lipinski definition) is 3. The zero-order chi connectivity index (χ0) is 16.2. The molecule has 7 heteroatoms. The molecule has 0 aliphatic carbocycles. The minimum Gasteiger partial charge on any atom is -0.325 e. The zero-order valence-electron chi connectivity index (χ0n) is 11.9. The normalized spacial score (nSPS) is 14.6. The van der Waals surface area contributed by atoms with Gasteiger partial charge in [-0.05, 0) is 33.2 Å². The van der Waals surface area contributed by atoms with Crippen LogP contribution < -0.4 is 5.32 Å². The lowest BCUT2D eigenvalue weighted by Gasteiger charge is -2.35. The first-order valence-electron chi connectivity index (χ1n) is 6.24. The molecule has 0 saturated heterocycles. The van der Waals surface area contributed by atoms with Crippen molar-refractivity contribution in [3.63, 3.8) is 0 Å². The van der Waals surface area contributed by atoms with E-state index in [4.69, 9.17) is 34.8 Å².